The molecule has 22 heavy (non-hydrogen) atoms. The SMILES string of the molecule is Cl.Cl.O=[N+]([O-])c1ccc([C@@H](N2CCNCC2)C(F)(F)F)cc1. The van der Waals surface area contributed by atoms with Crippen LogP contribution in [0.3, 0.4) is 0 Å². The second-order valence-electron chi connectivity index (χ2n) is 4.58. The molecule has 1 atom stereocenters. The fourth-order valence-electron chi connectivity index (χ4n) is 2.33. The zero-order chi connectivity index (χ0) is 14.8. The Balaban J connectivity index is 0.00000220. The quantitative estimate of drug-likeness (QED) is 0.664. The van der Waals surface area contributed by atoms with Crippen LogP contribution in [0.4, 0.5) is 18.9 Å². The van der Waals surface area contributed by atoms with Crippen LogP contribution in [0.2, 0.25) is 0 Å². The maximum atomic E-state index is 13.3. The van der Waals surface area contributed by atoms with Crippen molar-refractivity contribution in [1.82, 2.24) is 10.2 Å². The van der Waals surface area contributed by atoms with Gasteiger partial charge in [-0.2, -0.15) is 13.2 Å². The number of hydrogen-bond acceptors (Lipinski definition) is 4. The Morgan fingerprint density at radius 3 is 2.05 bits per heavy atom. The smallest absolute Gasteiger partial charge is 0.314 e. The van der Waals surface area contributed by atoms with Crippen LogP contribution in [0.1, 0.15) is 11.6 Å². The summed E-state index contributed by atoms with van der Waals surface area (Å²) in [7, 11) is 0. The first kappa shape index (κ1) is 20.9. The number of hydrogen-bond donors (Lipinski definition) is 1. The van der Waals surface area contributed by atoms with Gasteiger partial charge >= 0.3 is 6.18 Å². The van der Waals surface area contributed by atoms with Gasteiger partial charge in [-0.3, -0.25) is 15.0 Å². The van der Waals surface area contributed by atoms with Crippen LogP contribution in [0, 0.1) is 10.1 Å². The molecule has 1 saturated heterocycles. The van der Waals surface area contributed by atoms with Gasteiger partial charge < -0.3 is 5.32 Å². The molecule has 1 aliphatic rings. The predicted molar refractivity (Wildman–Crippen MR) is 80.8 cm³/mol. The molecule has 0 aliphatic carbocycles. The molecule has 0 radical (unpaired) electrons. The van der Waals surface area contributed by atoms with E-state index in [1.165, 1.54) is 17.0 Å². The van der Waals surface area contributed by atoms with Crippen LogP contribution in [0.25, 0.3) is 0 Å². The van der Waals surface area contributed by atoms with E-state index in [9.17, 15) is 23.3 Å². The normalized spacial score (nSPS) is 17.0. The van der Waals surface area contributed by atoms with Crippen molar-refractivity contribution >= 4 is 30.5 Å². The van der Waals surface area contributed by atoms with Crippen LogP contribution in [0.15, 0.2) is 24.3 Å². The van der Waals surface area contributed by atoms with Crippen LogP contribution < -0.4 is 5.32 Å². The van der Waals surface area contributed by atoms with Crippen molar-refractivity contribution in [3.05, 3.63) is 39.9 Å². The molecule has 1 fully saturated rings. The average molecular weight is 362 g/mol. The fraction of sp³-hybridized carbons (Fsp3) is 0.500. The van der Waals surface area contributed by atoms with Crippen molar-refractivity contribution in [2.24, 2.45) is 0 Å². The van der Waals surface area contributed by atoms with Gasteiger partial charge in [0.15, 0.2) is 0 Å². The number of nitrogens with one attached hydrogen (secondary N) is 1. The molecule has 0 bridgehead atoms. The van der Waals surface area contributed by atoms with E-state index in [0.717, 1.165) is 12.1 Å². The van der Waals surface area contributed by atoms with E-state index < -0.39 is 17.1 Å². The van der Waals surface area contributed by atoms with Crippen LogP contribution in [-0.4, -0.2) is 42.2 Å². The Bertz CT molecular complexity index is 479. The molecule has 0 unspecified atom stereocenters. The van der Waals surface area contributed by atoms with E-state index in [4.69, 9.17) is 0 Å². The van der Waals surface area contributed by atoms with Crippen LogP contribution in [0.5, 0.6) is 0 Å². The molecule has 5 nitrogen and oxygen atoms in total. The lowest BCUT2D eigenvalue weighted by molar-refractivity contribution is -0.384. The Kier molecular flexibility index (Phi) is 8.10. The van der Waals surface area contributed by atoms with E-state index in [1.54, 1.807) is 0 Å². The highest BCUT2D eigenvalue weighted by Crippen LogP contribution is 2.38. The number of nitro groups is 1. The molecule has 0 aromatic heterocycles. The van der Waals surface area contributed by atoms with Crippen molar-refractivity contribution in [2.75, 3.05) is 26.2 Å². The molecule has 1 aliphatic heterocycles. The third-order valence-corrected chi connectivity index (χ3v) is 3.25. The van der Waals surface area contributed by atoms with Crippen molar-refractivity contribution in [1.29, 1.82) is 0 Å². The zero-order valence-corrected chi connectivity index (χ0v) is 13.0. The van der Waals surface area contributed by atoms with Gasteiger partial charge in [0, 0.05) is 38.3 Å². The second-order valence-corrected chi connectivity index (χ2v) is 4.58. The topological polar surface area (TPSA) is 58.4 Å². The highest BCUT2D eigenvalue weighted by atomic mass is 35.5. The molecule has 2 rings (SSSR count). The van der Waals surface area contributed by atoms with Crippen LogP contribution in [-0.2, 0) is 0 Å². The molecule has 1 aromatic rings. The first-order valence-corrected chi connectivity index (χ1v) is 6.15. The van der Waals surface area contributed by atoms with Gasteiger partial charge in [-0.1, -0.05) is 12.1 Å². The highest BCUT2D eigenvalue weighted by molar-refractivity contribution is 5.85. The van der Waals surface area contributed by atoms with E-state index >= 15 is 0 Å². The maximum absolute atomic E-state index is 13.3. The minimum Gasteiger partial charge on any atom is -0.314 e. The molecule has 10 heteroatoms. The first-order valence-electron chi connectivity index (χ1n) is 6.15. The minimum absolute atomic E-state index is 0. The van der Waals surface area contributed by atoms with Crippen LogP contribution >= 0.6 is 24.8 Å². The van der Waals surface area contributed by atoms with Gasteiger partial charge in [0.05, 0.1) is 4.92 Å². The van der Waals surface area contributed by atoms with E-state index in [2.05, 4.69) is 5.32 Å². The maximum Gasteiger partial charge on any atom is 0.408 e. The number of benzene rings is 1. The number of piperazine rings is 1. The molecule has 1 aromatic carbocycles. The monoisotopic (exact) mass is 361 g/mol. The number of alkyl halides is 3. The Labute approximate surface area is 137 Å². The van der Waals surface area contributed by atoms with Gasteiger partial charge in [0.25, 0.3) is 5.69 Å². The number of nitro benzene ring substituents is 1. The first-order chi connectivity index (χ1) is 9.39. The summed E-state index contributed by atoms with van der Waals surface area (Å²) in [5.74, 6) is 0. The number of rotatable bonds is 3. The molecule has 1 N–H and O–H groups in total. The summed E-state index contributed by atoms with van der Waals surface area (Å²) in [6, 6.07) is 2.86. The zero-order valence-electron chi connectivity index (χ0n) is 11.4. The summed E-state index contributed by atoms with van der Waals surface area (Å²) in [5, 5.41) is 13.5. The molecule has 126 valence electrons. The molecular weight excluding hydrogens is 346 g/mol. The van der Waals surface area contributed by atoms with Crippen molar-refractivity contribution in [3.63, 3.8) is 0 Å². The summed E-state index contributed by atoms with van der Waals surface area (Å²) < 4.78 is 39.8. The van der Waals surface area contributed by atoms with Gasteiger partial charge in [-0.25, -0.2) is 0 Å². The third kappa shape index (κ3) is 4.98. The van der Waals surface area contributed by atoms with Crippen molar-refractivity contribution in [3.8, 4) is 0 Å². The Morgan fingerprint density at radius 2 is 1.64 bits per heavy atom. The van der Waals surface area contributed by atoms with Gasteiger partial charge in [0.1, 0.15) is 6.04 Å². The Morgan fingerprint density at radius 1 is 1.14 bits per heavy atom. The highest BCUT2D eigenvalue weighted by Gasteiger charge is 2.44. The molecular formula is C12H16Cl2F3N3O2. The van der Waals surface area contributed by atoms with E-state index in [0.29, 0.717) is 26.2 Å². The van der Waals surface area contributed by atoms with Crippen molar-refractivity contribution in [2.45, 2.75) is 12.2 Å². The number of nitrogens with zero attached hydrogens (tertiary/aromatic N) is 2. The predicted octanol–water partition coefficient (Wildman–Crippen LogP) is 2.95. The summed E-state index contributed by atoms with van der Waals surface area (Å²) in [4.78, 5) is 11.3. The molecule has 0 amide bonds. The summed E-state index contributed by atoms with van der Waals surface area (Å²) in [6.07, 6.45) is -4.41. The van der Waals surface area contributed by atoms with Gasteiger partial charge in [-0.15, -0.1) is 24.8 Å². The Hall–Kier alpha value is -1.09. The average Bonchev–Trinajstić information content (AvgIpc) is 2.39. The van der Waals surface area contributed by atoms with Gasteiger partial charge in [0.2, 0.25) is 0 Å². The summed E-state index contributed by atoms with van der Waals surface area (Å²) in [5.41, 5.74) is -0.181. The molecule has 1 heterocycles. The standard InChI is InChI=1S/C12H14F3N3O2.2ClH/c13-12(14,15)11(17-7-5-16-6-8-17)9-1-3-10(4-2-9)18(19)20;;/h1-4,11,16H,5-8H2;2*1H/t11-;;/m1../s1. The largest absolute Gasteiger partial charge is 0.408 e. The number of non-ortho nitro benzene ring substituents is 1. The fourth-order valence-corrected chi connectivity index (χ4v) is 2.33. The lowest BCUT2D eigenvalue weighted by atomic mass is 10.0. The molecule has 0 saturated carbocycles. The summed E-state index contributed by atoms with van der Waals surface area (Å²) in [6.45, 7) is 1.58. The third-order valence-electron chi connectivity index (χ3n) is 3.25. The second kappa shape index (κ2) is 8.52. The van der Waals surface area contributed by atoms with E-state index in [-0.39, 0.29) is 36.1 Å². The van der Waals surface area contributed by atoms with Crippen molar-refractivity contribution < 1.29 is 18.1 Å². The lowest BCUT2D eigenvalue weighted by Gasteiger charge is -2.36. The molecule has 0 spiro atoms. The van der Waals surface area contributed by atoms with E-state index in [1.807, 2.05) is 0 Å². The lowest BCUT2D eigenvalue weighted by Crippen LogP contribution is -2.49. The minimum atomic E-state index is -4.41. The van der Waals surface area contributed by atoms with Gasteiger partial charge in [-0.05, 0) is 5.56 Å². The summed E-state index contributed by atoms with van der Waals surface area (Å²) >= 11 is 0. The number of halogens is 5.